The van der Waals surface area contributed by atoms with Gasteiger partial charge in [0.05, 0.1) is 19.2 Å². The van der Waals surface area contributed by atoms with Gasteiger partial charge >= 0.3 is 6.18 Å². The summed E-state index contributed by atoms with van der Waals surface area (Å²) in [6.07, 6.45) is 1.12. The number of ether oxygens (including phenoxy) is 1. The van der Waals surface area contributed by atoms with Crippen LogP contribution in [-0.2, 0) is 23.9 Å². The van der Waals surface area contributed by atoms with E-state index < -0.39 is 11.7 Å². The zero-order valence-electron chi connectivity index (χ0n) is 23.4. The highest BCUT2D eigenvalue weighted by atomic mass is 19.4. The van der Waals surface area contributed by atoms with Crippen LogP contribution >= 0.6 is 0 Å². The molecule has 0 unspecified atom stereocenters. The van der Waals surface area contributed by atoms with E-state index in [0.717, 1.165) is 43.4 Å². The maximum atomic E-state index is 13.8. The van der Waals surface area contributed by atoms with E-state index in [4.69, 9.17) is 4.74 Å². The van der Waals surface area contributed by atoms with Crippen molar-refractivity contribution in [3.63, 3.8) is 0 Å². The van der Waals surface area contributed by atoms with E-state index >= 15 is 0 Å². The maximum absolute atomic E-state index is 13.8. The van der Waals surface area contributed by atoms with E-state index in [0.29, 0.717) is 28.7 Å². The molecule has 3 N–H and O–H groups in total. The quantitative estimate of drug-likeness (QED) is 0.325. The van der Waals surface area contributed by atoms with Crippen molar-refractivity contribution >= 4 is 34.7 Å². The standard InChI is InChI=1S/C30H34F3N7O2/c1-42-26-15-21(40-13-9-20(10-14-40)39-11-2-3-12-39)7-8-25(26)37-29-35-18-23(30(31,32)33)28(38-29)34-17-19-5-4-6-24-22(19)16-27(41)36-24/h4-8,15,18,20H,2-3,9-14,16-17H2,1H3,(H,36,41)(H2,34,35,37,38). The third kappa shape index (κ3) is 5.94. The van der Waals surface area contributed by atoms with Crippen molar-refractivity contribution < 1.29 is 22.7 Å². The third-order valence-electron chi connectivity index (χ3n) is 8.34. The number of nitrogens with zero attached hydrogens (tertiary/aromatic N) is 4. The van der Waals surface area contributed by atoms with Gasteiger partial charge in [-0.25, -0.2) is 4.98 Å². The molecule has 1 amide bonds. The number of nitrogens with one attached hydrogen (secondary N) is 3. The Labute approximate surface area is 242 Å². The number of carbonyl (C=O) groups excluding carboxylic acids is 1. The Balaban J connectivity index is 1.17. The maximum Gasteiger partial charge on any atom is 0.421 e. The number of hydrogen-bond acceptors (Lipinski definition) is 8. The lowest BCUT2D eigenvalue weighted by Crippen LogP contribution is -2.43. The van der Waals surface area contributed by atoms with Crippen molar-refractivity contribution in [3.05, 3.63) is 59.3 Å². The zero-order chi connectivity index (χ0) is 29.3. The summed E-state index contributed by atoms with van der Waals surface area (Å²) in [6, 6.07) is 11.7. The Bertz CT molecular complexity index is 1450. The van der Waals surface area contributed by atoms with Crippen molar-refractivity contribution in [3.8, 4) is 5.75 Å². The van der Waals surface area contributed by atoms with Gasteiger partial charge in [-0.05, 0) is 68.1 Å². The molecular formula is C30H34F3N7O2. The number of hydrogen-bond donors (Lipinski definition) is 3. The van der Waals surface area contributed by atoms with Gasteiger partial charge in [-0.1, -0.05) is 12.1 Å². The van der Waals surface area contributed by atoms with Gasteiger partial charge < -0.3 is 30.5 Å². The first kappa shape index (κ1) is 28.1. The summed E-state index contributed by atoms with van der Waals surface area (Å²) in [4.78, 5) is 24.9. The molecule has 12 heteroatoms. The molecule has 2 aromatic carbocycles. The SMILES string of the molecule is COc1cc(N2CCC(N3CCCC3)CC2)ccc1Nc1ncc(C(F)(F)F)c(NCc2cccc3c2CC(=O)N3)n1. The molecule has 222 valence electrons. The summed E-state index contributed by atoms with van der Waals surface area (Å²) >= 11 is 0. The first-order valence-corrected chi connectivity index (χ1v) is 14.3. The van der Waals surface area contributed by atoms with Crippen LogP contribution < -0.4 is 25.6 Å². The molecule has 0 radical (unpaired) electrons. The van der Waals surface area contributed by atoms with Gasteiger partial charge in [0.25, 0.3) is 0 Å². The second-order valence-corrected chi connectivity index (χ2v) is 10.9. The number of fused-ring (bicyclic) bond motifs is 1. The number of halogens is 3. The number of anilines is 5. The van der Waals surface area contributed by atoms with Gasteiger partial charge in [-0.15, -0.1) is 0 Å². The fourth-order valence-electron chi connectivity index (χ4n) is 6.14. The fourth-order valence-corrected chi connectivity index (χ4v) is 6.14. The Morgan fingerprint density at radius 2 is 1.88 bits per heavy atom. The van der Waals surface area contributed by atoms with Crippen LogP contribution in [0, 0.1) is 0 Å². The lowest BCUT2D eigenvalue weighted by molar-refractivity contribution is -0.137. The number of benzene rings is 2. The summed E-state index contributed by atoms with van der Waals surface area (Å²) in [5.74, 6) is 0.0436. The van der Waals surface area contributed by atoms with Crippen LogP contribution in [0.15, 0.2) is 42.6 Å². The highest BCUT2D eigenvalue weighted by Gasteiger charge is 2.35. The van der Waals surface area contributed by atoms with Crippen molar-refractivity contribution in [2.75, 3.05) is 54.1 Å². The Morgan fingerprint density at radius 1 is 1.10 bits per heavy atom. The molecule has 2 saturated heterocycles. The summed E-state index contributed by atoms with van der Waals surface area (Å²) in [5.41, 5.74) is 2.76. The van der Waals surface area contributed by atoms with E-state index in [1.807, 2.05) is 18.2 Å². The molecule has 6 rings (SSSR count). The molecule has 0 bridgehead atoms. The van der Waals surface area contributed by atoms with Gasteiger partial charge in [-0.2, -0.15) is 18.2 Å². The minimum absolute atomic E-state index is 0.00175. The molecule has 3 aliphatic rings. The molecule has 3 aromatic rings. The topological polar surface area (TPSA) is 94.7 Å². The number of likely N-dealkylation sites (tertiary alicyclic amines) is 1. The van der Waals surface area contributed by atoms with Crippen LogP contribution in [-0.4, -0.2) is 60.1 Å². The van der Waals surface area contributed by atoms with Crippen molar-refractivity contribution in [1.29, 1.82) is 0 Å². The molecule has 2 fully saturated rings. The van der Waals surface area contributed by atoms with Crippen molar-refractivity contribution in [2.24, 2.45) is 0 Å². The first-order chi connectivity index (χ1) is 20.3. The van der Waals surface area contributed by atoms with Crippen LogP contribution in [0.25, 0.3) is 0 Å². The van der Waals surface area contributed by atoms with Crippen LogP contribution in [0.3, 0.4) is 0 Å². The minimum atomic E-state index is -4.65. The van der Waals surface area contributed by atoms with E-state index in [1.54, 1.807) is 25.3 Å². The monoisotopic (exact) mass is 581 g/mol. The molecular weight excluding hydrogens is 547 g/mol. The minimum Gasteiger partial charge on any atom is -0.494 e. The van der Waals surface area contributed by atoms with Gasteiger partial charge in [0.2, 0.25) is 11.9 Å². The molecule has 42 heavy (non-hydrogen) atoms. The fraction of sp³-hybridized carbons (Fsp3) is 0.433. The molecule has 0 saturated carbocycles. The molecule has 0 atom stereocenters. The largest absolute Gasteiger partial charge is 0.494 e. The zero-order valence-corrected chi connectivity index (χ0v) is 23.4. The number of amides is 1. The number of aromatic nitrogens is 2. The molecule has 0 spiro atoms. The molecule has 3 aliphatic heterocycles. The average molecular weight is 582 g/mol. The lowest BCUT2D eigenvalue weighted by atomic mass is 10.0. The predicted octanol–water partition coefficient (Wildman–Crippen LogP) is 5.42. The van der Waals surface area contributed by atoms with Gasteiger partial charge in [-0.3, -0.25) is 4.79 Å². The number of carbonyl (C=O) groups is 1. The summed E-state index contributed by atoms with van der Waals surface area (Å²) < 4.78 is 47.1. The van der Waals surface area contributed by atoms with E-state index in [2.05, 4.69) is 35.7 Å². The summed E-state index contributed by atoms with van der Waals surface area (Å²) in [6.45, 7) is 4.39. The van der Waals surface area contributed by atoms with Gasteiger partial charge in [0.1, 0.15) is 17.1 Å². The second-order valence-electron chi connectivity index (χ2n) is 10.9. The molecule has 9 nitrogen and oxygen atoms in total. The molecule has 4 heterocycles. The van der Waals surface area contributed by atoms with Crippen LogP contribution in [0.4, 0.5) is 42.0 Å². The van der Waals surface area contributed by atoms with E-state index in [-0.39, 0.29) is 30.6 Å². The Kier molecular flexibility index (Phi) is 7.80. The normalized spacial score (nSPS) is 17.7. The van der Waals surface area contributed by atoms with Crippen molar-refractivity contribution in [2.45, 2.75) is 50.9 Å². The van der Waals surface area contributed by atoms with E-state index in [1.165, 1.54) is 25.9 Å². The highest BCUT2D eigenvalue weighted by Crippen LogP contribution is 2.37. The summed E-state index contributed by atoms with van der Waals surface area (Å²) in [7, 11) is 1.56. The van der Waals surface area contributed by atoms with Crippen LogP contribution in [0.5, 0.6) is 5.75 Å². The highest BCUT2D eigenvalue weighted by molar-refractivity contribution is 5.99. The summed E-state index contributed by atoms with van der Waals surface area (Å²) in [5, 5.41) is 8.61. The van der Waals surface area contributed by atoms with Gasteiger partial charge in [0.15, 0.2) is 0 Å². The van der Waals surface area contributed by atoms with Crippen LogP contribution in [0.2, 0.25) is 0 Å². The molecule has 0 aliphatic carbocycles. The molecule has 1 aromatic heterocycles. The lowest BCUT2D eigenvalue weighted by Gasteiger charge is -2.38. The predicted molar refractivity (Wildman–Crippen MR) is 155 cm³/mol. The van der Waals surface area contributed by atoms with E-state index in [9.17, 15) is 18.0 Å². The first-order valence-electron chi connectivity index (χ1n) is 14.3. The Morgan fingerprint density at radius 3 is 2.62 bits per heavy atom. The van der Waals surface area contributed by atoms with Gasteiger partial charge in [0, 0.05) is 49.3 Å². The smallest absolute Gasteiger partial charge is 0.421 e. The number of methoxy groups -OCH3 is 1. The number of alkyl halides is 3. The number of piperidine rings is 1. The third-order valence-corrected chi connectivity index (χ3v) is 8.34. The second kappa shape index (κ2) is 11.7. The Hall–Kier alpha value is -4.06. The average Bonchev–Trinajstić information content (AvgIpc) is 3.66. The number of rotatable bonds is 8. The van der Waals surface area contributed by atoms with Crippen LogP contribution in [0.1, 0.15) is 42.4 Å². The van der Waals surface area contributed by atoms with Crippen molar-refractivity contribution in [1.82, 2.24) is 14.9 Å².